The molecule has 0 unspecified atom stereocenters. The minimum Gasteiger partial charge on any atom is -0.357 e. The van der Waals surface area contributed by atoms with Crippen LogP contribution in [0, 0.1) is 5.82 Å². The van der Waals surface area contributed by atoms with Gasteiger partial charge in [-0.2, -0.15) is 0 Å². The molecular weight excluding hydrogens is 341 g/mol. The van der Waals surface area contributed by atoms with Crippen LogP contribution in [0.25, 0.3) is 0 Å². The quantitative estimate of drug-likeness (QED) is 0.571. The molecule has 2 N–H and O–H groups in total. The summed E-state index contributed by atoms with van der Waals surface area (Å²) in [6.07, 6.45) is 3.07. The maximum atomic E-state index is 14.1. The number of halogens is 1. The van der Waals surface area contributed by atoms with Crippen molar-refractivity contribution >= 4 is 15.8 Å². The lowest BCUT2D eigenvalue weighted by atomic mass is 9.95. The number of hydrogen-bond acceptors (Lipinski definition) is 3. The molecule has 0 spiro atoms. The molecule has 0 aromatic heterocycles. The molecule has 1 fully saturated rings. The van der Waals surface area contributed by atoms with Crippen molar-refractivity contribution in [2.75, 3.05) is 25.9 Å². The highest BCUT2D eigenvalue weighted by atomic mass is 32.2. The van der Waals surface area contributed by atoms with E-state index in [0.29, 0.717) is 19.0 Å². The second kappa shape index (κ2) is 7.32. The molecule has 0 atom stereocenters. The predicted octanol–water partition coefficient (Wildman–Crippen LogP) is 2.24. The fraction of sp³-hybridized carbons (Fsp3) is 0.611. The highest BCUT2D eigenvalue weighted by Gasteiger charge is 2.45. The maximum Gasteiger partial charge on any atom is 0.191 e. The van der Waals surface area contributed by atoms with Crippen LogP contribution >= 0.6 is 0 Å². The Morgan fingerprint density at radius 3 is 2.44 bits per heavy atom. The molecule has 1 aromatic carbocycles. The van der Waals surface area contributed by atoms with Gasteiger partial charge in [0.15, 0.2) is 15.8 Å². The van der Waals surface area contributed by atoms with E-state index in [1.807, 2.05) is 19.1 Å². The first kappa shape index (κ1) is 19.7. The third-order valence-electron chi connectivity index (χ3n) is 4.86. The lowest BCUT2D eigenvalue weighted by Gasteiger charge is -2.22. The number of sulfone groups is 1. The van der Waals surface area contributed by atoms with Crippen molar-refractivity contribution in [3.05, 3.63) is 35.6 Å². The number of rotatable bonds is 7. The fourth-order valence-electron chi connectivity index (χ4n) is 2.56. The molecular formula is C18H28FN3O2S. The molecule has 0 amide bonds. The third kappa shape index (κ3) is 4.71. The molecule has 1 saturated carbocycles. The number of aliphatic imine (C=N–C) groups is 1. The van der Waals surface area contributed by atoms with E-state index in [4.69, 9.17) is 0 Å². The molecule has 0 bridgehead atoms. The van der Waals surface area contributed by atoms with E-state index < -0.39 is 14.6 Å². The monoisotopic (exact) mass is 369 g/mol. The highest BCUT2D eigenvalue weighted by Crippen LogP contribution is 2.48. The van der Waals surface area contributed by atoms with Crippen molar-refractivity contribution in [2.24, 2.45) is 4.99 Å². The smallest absolute Gasteiger partial charge is 0.191 e. The van der Waals surface area contributed by atoms with Gasteiger partial charge < -0.3 is 10.6 Å². The standard InChI is InChI=1S/C18H28FN3O2S/c1-5-20-16(21-12-17(2,3)25(4,23)24)22-13-18(10-11-18)14-8-6-7-9-15(14)19/h6-9H,5,10-13H2,1-4H3,(H2,20,21,22). The first-order valence-corrected chi connectivity index (χ1v) is 10.5. The molecule has 25 heavy (non-hydrogen) atoms. The van der Waals surface area contributed by atoms with E-state index in [9.17, 15) is 12.8 Å². The van der Waals surface area contributed by atoms with Crippen LogP contribution in [0.2, 0.25) is 0 Å². The molecule has 7 heteroatoms. The lowest BCUT2D eigenvalue weighted by Crippen LogP contribution is -2.43. The van der Waals surface area contributed by atoms with Crippen molar-refractivity contribution in [1.82, 2.24) is 10.6 Å². The Morgan fingerprint density at radius 1 is 1.28 bits per heavy atom. The molecule has 1 aliphatic carbocycles. The summed E-state index contributed by atoms with van der Waals surface area (Å²) >= 11 is 0. The molecule has 140 valence electrons. The van der Waals surface area contributed by atoms with E-state index in [-0.39, 0.29) is 17.8 Å². The Labute approximate surface area is 150 Å². The summed E-state index contributed by atoms with van der Waals surface area (Å²) in [6.45, 7) is 6.67. The second-order valence-electron chi connectivity index (χ2n) is 7.34. The maximum absolute atomic E-state index is 14.1. The minimum absolute atomic E-state index is 0.161. The molecule has 0 saturated heterocycles. The van der Waals surface area contributed by atoms with E-state index in [1.54, 1.807) is 19.9 Å². The Bertz CT molecular complexity index is 740. The van der Waals surface area contributed by atoms with E-state index in [0.717, 1.165) is 18.4 Å². The fourth-order valence-corrected chi connectivity index (χ4v) is 2.86. The van der Waals surface area contributed by atoms with Crippen LogP contribution in [0.3, 0.4) is 0 Å². The van der Waals surface area contributed by atoms with Crippen LogP contribution in [-0.2, 0) is 15.3 Å². The normalized spacial score (nSPS) is 17.2. The minimum atomic E-state index is -3.20. The molecule has 1 aromatic rings. The molecule has 2 rings (SSSR count). The van der Waals surface area contributed by atoms with Crippen molar-refractivity contribution < 1.29 is 12.8 Å². The van der Waals surface area contributed by atoms with Gasteiger partial charge in [0.1, 0.15) is 5.82 Å². The first-order chi connectivity index (χ1) is 11.6. The third-order valence-corrected chi connectivity index (χ3v) is 7.00. The van der Waals surface area contributed by atoms with Gasteiger partial charge in [-0.25, -0.2) is 12.8 Å². The van der Waals surface area contributed by atoms with Gasteiger partial charge in [-0.15, -0.1) is 0 Å². The van der Waals surface area contributed by atoms with Gasteiger partial charge in [-0.1, -0.05) is 18.2 Å². The molecule has 5 nitrogen and oxygen atoms in total. The van der Waals surface area contributed by atoms with Gasteiger partial charge in [0.05, 0.1) is 11.3 Å². The molecule has 0 radical (unpaired) electrons. The summed E-state index contributed by atoms with van der Waals surface area (Å²) in [5.41, 5.74) is 0.531. The Kier molecular flexibility index (Phi) is 5.76. The van der Waals surface area contributed by atoms with Crippen molar-refractivity contribution in [3.8, 4) is 0 Å². The van der Waals surface area contributed by atoms with Crippen LogP contribution in [0.15, 0.2) is 29.3 Å². The largest absolute Gasteiger partial charge is 0.357 e. The van der Waals surface area contributed by atoms with E-state index in [1.165, 1.54) is 12.3 Å². The van der Waals surface area contributed by atoms with Crippen LogP contribution in [0.4, 0.5) is 4.39 Å². The molecule has 0 aliphatic heterocycles. The Morgan fingerprint density at radius 2 is 1.92 bits per heavy atom. The Balaban J connectivity index is 2.08. The molecule has 0 heterocycles. The summed E-state index contributed by atoms with van der Waals surface area (Å²) in [5.74, 6) is 0.379. The zero-order valence-electron chi connectivity index (χ0n) is 15.4. The van der Waals surface area contributed by atoms with E-state index >= 15 is 0 Å². The van der Waals surface area contributed by atoms with Gasteiger partial charge in [0, 0.05) is 24.8 Å². The van der Waals surface area contributed by atoms with Gasteiger partial charge in [0.25, 0.3) is 0 Å². The molecule has 1 aliphatic rings. The summed E-state index contributed by atoms with van der Waals surface area (Å²) in [5, 5.41) is 6.37. The van der Waals surface area contributed by atoms with Gasteiger partial charge in [-0.05, 0) is 45.2 Å². The average Bonchev–Trinajstić information content (AvgIpc) is 3.30. The van der Waals surface area contributed by atoms with Gasteiger partial charge in [-0.3, -0.25) is 4.99 Å². The van der Waals surface area contributed by atoms with E-state index in [2.05, 4.69) is 15.6 Å². The summed E-state index contributed by atoms with van der Waals surface area (Å²) in [6, 6.07) is 6.87. The number of hydrogen-bond donors (Lipinski definition) is 2. The first-order valence-electron chi connectivity index (χ1n) is 8.58. The Hall–Kier alpha value is -1.63. The zero-order chi connectivity index (χ0) is 18.7. The topological polar surface area (TPSA) is 70.6 Å². The van der Waals surface area contributed by atoms with Crippen LogP contribution < -0.4 is 10.6 Å². The van der Waals surface area contributed by atoms with Crippen LogP contribution in [0.1, 0.15) is 39.2 Å². The highest BCUT2D eigenvalue weighted by molar-refractivity contribution is 7.92. The summed E-state index contributed by atoms with van der Waals surface area (Å²) < 4.78 is 36.8. The summed E-state index contributed by atoms with van der Waals surface area (Å²) in [4.78, 5) is 4.42. The lowest BCUT2D eigenvalue weighted by molar-refractivity contribution is 0.550. The van der Waals surface area contributed by atoms with Gasteiger partial charge in [0.2, 0.25) is 0 Å². The van der Waals surface area contributed by atoms with Gasteiger partial charge >= 0.3 is 0 Å². The zero-order valence-corrected chi connectivity index (χ0v) is 16.2. The number of nitrogens with one attached hydrogen (secondary N) is 2. The second-order valence-corrected chi connectivity index (χ2v) is 9.99. The number of nitrogens with zero attached hydrogens (tertiary/aromatic N) is 1. The average molecular weight is 370 g/mol. The van der Waals surface area contributed by atoms with Crippen LogP contribution in [0.5, 0.6) is 0 Å². The number of benzene rings is 1. The van der Waals surface area contributed by atoms with Crippen molar-refractivity contribution in [1.29, 1.82) is 0 Å². The van der Waals surface area contributed by atoms with Crippen LogP contribution in [-0.4, -0.2) is 45.0 Å². The van der Waals surface area contributed by atoms with Crippen molar-refractivity contribution in [3.63, 3.8) is 0 Å². The number of guanidine groups is 1. The predicted molar refractivity (Wildman–Crippen MR) is 100 cm³/mol. The summed E-state index contributed by atoms with van der Waals surface area (Å²) in [7, 11) is -3.20. The van der Waals surface area contributed by atoms with Crippen molar-refractivity contribution in [2.45, 2.75) is 43.8 Å². The SMILES string of the molecule is CCNC(=NCC(C)(C)S(C)(=O)=O)NCC1(c2ccccc2F)CC1.